The zero-order valence-electron chi connectivity index (χ0n) is 43.3. The van der Waals surface area contributed by atoms with Crippen LogP contribution in [-0.2, 0) is 76.3 Å². The minimum atomic E-state index is -0.211. The third kappa shape index (κ3) is 217. The number of unbranched alkanes of at least 4 members (excludes halogenated alkanes) is 8. The number of carbonyl (C=O) groups is 8. The van der Waals surface area contributed by atoms with Crippen LogP contribution in [0.5, 0.6) is 0 Å². The summed E-state index contributed by atoms with van der Waals surface area (Å²) >= 11 is 0. The van der Waals surface area contributed by atoms with Gasteiger partial charge in [0.2, 0.25) is 0 Å². The van der Waals surface area contributed by atoms with Gasteiger partial charge in [-0.3, -0.25) is 38.4 Å². The molecule has 0 bridgehead atoms. The molecule has 376 valence electrons. The molecule has 0 aromatic rings. The van der Waals surface area contributed by atoms with Gasteiger partial charge in [0.05, 0.1) is 52.9 Å². The maximum absolute atomic E-state index is 9.82. The van der Waals surface area contributed by atoms with E-state index in [9.17, 15) is 38.4 Å². The van der Waals surface area contributed by atoms with E-state index in [-0.39, 0.29) is 47.8 Å². The van der Waals surface area contributed by atoms with Gasteiger partial charge in [0.25, 0.3) is 0 Å². The molecule has 0 aliphatic rings. The Morgan fingerprint density at radius 2 is 0.306 bits per heavy atom. The van der Waals surface area contributed by atoms with Crippen LogP contribution in [0.15, 0.2) is 0 Å². The van der Waals surface area contributed by atoms with E-state index < -0.39 is 0 Å². The zero-order chi connectivity index (χ0) is 51.0. The van der Waals surface area contributed by atoms with Gasteiger partial charge in [0.1, 0.15) is 0 Å². The molecular formula is C46H96O16. The Labute approximate surface area is 378 Å². The van der Waals surface area contributed by atoms with E-state index in [0.717, 1.165) is 0 Å². The molecule has 0 aliphatic carbocycles. The molecule has 0 amide bonds. The SMILES string of the molecule is CCCCCCC.CCCCCCC.CCOC(C)=O.CCOC(C)=O.CCOC(C)=O.CCOC(C)=O.CCOC(C)=O.CCOC(C)=O.CCOC(C)=O.CCOC(C)=O. The Hall–Kier alpha value is -4.24. The molecule has 0 atom stereocenters. The van der Waals surface area contributed by atoms with Crippen molar-refractivity contribution < 1.29 is 76.3 Å². The molecule has 0 aliphatic heterocycles. The number of esters is 8. The molecule has 0 spiro atoms. The zero-order valence-corrected chi connectivity index (χ0v) is 43.3. The molecule has 0 saturated heterocycles. The summed E-state index contributed by atoms with van der Waals surface area (Å²) in [5.41, 5.74) is 0. The maximum Gasteiger partial charge on any atom is 0.302 e. The van der Waals surface area contributed by atoms with Gasteiger partial charge in [0, 0.05) is 55.4 Å². The van der Waals surface area contributed by atoms with E-state index in [4.69, 9.17) is 0 Å². The third-order valence-electron chi connectivity index (χ3n) is 5.20. The summed E-state index contributed by atoms with van der Waals surface area (Å²) in [5, 5.41) is 0. The topological polar surface area (TPSA) is 210 Å². The standard InChI is InChI=1S/2C7H16.8C4H8O2/c2*1-3-5-7-6-4-2;8*1-3-6-4(2)5/h2*3-7H2,1-2H3;8*3H2,1-2H3. The van der Waals surface area contributed by atoms with Gasteiger partial charge in [-0.05, 0) is 55.4 Å². The Kier molecular flexibility index (Phi) is 111. The molecule has 0 radical (unpaired) electrons. The Balaban J connectivity index is -0.0000000606. The lowest BCUT2D eigenvalue weighted by Crippen LogP contribution is -1.95. The highest BCUT2D eigenvalue weighted by Crippen LogP contribution is 2.00. The second-order valence-electron chi connectivity index (χ2n) is 11.5. The first-order valence-corrected chi connectivity index (χ1v) is 22.1. The number of carbonyl (C=O) groups excluding carboxylic acids is 8. The van der Waals surface area contributed by atoms with Crippen LogP contribution in [0.1, 0.15) is 203 Å². The van der Waals surface area contributed by atoms with E-state index in [1.165, 1.54) is 120 Å². The molecule has 16 nitrogen and oxygen atoms in total. The summed E-state index contributed by atoms with van der Waals surface area (Å²) in [6.45, 7) is 38.2. The van der Waals surface area contributed by atoms with Crippen LogP contribution in [-0.4, -0.2) is 101 Å². The number of ether oxygens (including phenoxy) is 8. The summed E-state index contributed by atoms with van der Waals surface area (Å²) in [6.07, 6.45) is 14.0. The first-order chi connectivity index (χ1) is 29.0. The molecule has 0 unspecified atom stereocenters. The Bertz CT molecular complexity index is 728. The summed E-state index contributed by atoms with van der Waals surface area (Å²) in [6, 6.07) is 0. The van der Waals surface area contributed by atoms with Crippen molar-refractivity contribution in [1.29, 1.82) is 0 Å². The number of hydrogen-bond donors (Lipinski definition) is 0. The van der Waals surface area contributed by atoms with Crippen molar-refractivity contribution in [2.75, 3.05) is 52.9 Å². The molecule has 0 saturated carbocycles. The molecule has 0 rings (SSSR count). The van der Waals surface area contributed by atoms with E-state index >= 15 is 0 Å². The van der Waals surface area contributed by atoms with Crippen LogP contribution in [0.25, 0.3) is 0 Å². The fraction of sp³-hybridized carbons (Fsp3) is 0.826. The molecule has 0 heterocycles. The molecule has 62 heavy (non-hydrogen) atoms. The van der Waals surface area contributed by atoms with Crippen molar-refractivity contribution in [3.63, 3.8) is 0 Å². The summed E-state index contributed by atoms with van der Waals surface area (Å²) < 4.78 is 35.2. The minimum absolute atomic E-state index is 0.211. The quantitative estimate of drug-likeness (QED) is 0.0801. The van der Waals surface area contributed by atoms with Gasteiger partial charge in [0.15, 0.2) is 0 Å². The number of hydrogen-bond acceptors (Lipinski definition) is 16. The third-order valence-corrected chi connectivity index (χ3v) is 5.20. The first-order valence-electron chi connectivity index (χ1n) is 22.1. The normalized spacial score (nSPS) is 8.06. The fourth-order valence-electron chi connectivity index (χ4n) is 2.98. The van der Waals surface area contributed by atoms with Gasteiger partial charge in [-0.1, -0.05) is 91.9 Å². The van der Waals surface area contributed by atoms with E-state index in [0.29, 0.717) is 52.9 Å². The molecule has 0 aromatic heterocycles. The summed E-state index contributed by atoms with van der Waals surface area (Å²) in [5.74, 6) is -1.69. The average Bonchev–Trinajstić information content (AvgIpc) is 3.14. The van der Waals surface area contributed by atoms with Crippen molar-refractivity contribution >= 4 is 47.8 Å². The second-order valence-corrected chi connectivity index (χ2v) is 11.5. The van der Waals surface area contributed by atoms with Gasteiger partial charge in [-0.2, -0.15) is 0 Å². The predicted octanol–water partition coefficient (Wildman–Crippen LogP) is 10.5. The van der Waals surface area contributed by atoms with Gasteiger partial charge in [-0.15, -0.1) is 0 Å². The van der Waals surface area contributed by atoms with Crippen molar-refractivity contribution in [3.8, 4) is 0 Å². The predicted molar refractivity (Wildman–Crippen MR) is 247 cm³/mol. The molecule has 0 N–H and O–H groups in total. The van der Waals surface area contributed by atoms with Crippen molar-refractivity contribution in [3.05, 3.63) is 0 Å². The van der Waals surface area contributed by atoms with Crippen molar-refractivity contribution in [2.45, 2.75) is 203 Å². The number of rotatable bonds is 16. The highest BCUT2D eigenvalue weighted by atomic mass is 16.6. The minimum Gasteiger partial charge on any atom is -0.466 e. The Morgan fingerprint density at radius 1 is 0.210 bits per heavy atom. The van der Waals surface area contributed by atoms with Crippen LogP contribution >= 0.6 is 0 Å². The molecule has 0 fully saturated rings. The van der Waals surface area contributed by atoms with Crippen LogP contribution in [0, 0.1) is 0 Å². The lowest BCUT2D eigenvalue weighted by atomic mass is 10.2. The fourth-order valence-corrected chi connectivity index (χ4v) is 2.98. The van der Waals surface area contributed by atoms with E-state index in [1.807, 2.05) is 0 Å². The summed E-state index contributed by atoms with van der Waals surface area (Å²) in [7, 11) is 0. The average molecular weight is 905 g/mol. The summed E-state index contributed by atoms with van der Waals surface area (Å²) in [4.78, 5) is 78.6. The van der Waals surface area contributed by atoms with E-state index in [1.54, 1.807) is 55.4 Å². The van der Waals surface area contributed by atoms with Gasteiger partial charge < -0.3 is 37.9 Å². The lowest BCUT2D eigenvalue weighted by Gasteiger charge is -1.90. The molecule has 0 aromatic carbocycles. The van der Waals surface area contributed by atoms with Crippen molar-refractivity contribution in [2.24, 2.45) is 0 Å². The monoisotopic (exact) mass is 905 g/mol. The van der Waals surface area contributed by atoms with Crippen LogP contribution in [0.3, 0.4) is 0 Å². The smallest absolute Gasteiger partial charge is 0.302 e. The van der Waals surface area contributed by atoms with Crippen LogP contribution < -0.4 is 0 Å². The first kappa shape index (κ1) is 81.6. The van der Waals surface area contributed by atoms with Crippen LogP contribution in [0.4, 0.5) is 0 Å². The molecule has 16 heteroatoms. The molecular weight excluding hydrogens is 808 g/mol. The van der Waals surface area contributed by atoms with Crippen LogP contribution in [0.2, 0.25) is 0 Å². The highest BCUT2D eigenvalue weighted by molar-refractivity contribution is 5.67. The van der Waals surface area contributed by atoms with E-state index in [2.05, 4.69) is 65.6 Å². The lowest BCUT2D eigenvalue weighted by molar-refractivity contribution is -0.141. The Morgan fingerprint density at radius 3 is 0.339 bits per heavy atom. The second kappa shape index (κ2) is 84.3. The highest BCUT2D eigenvalue weighted by Gasteiger charge is 1.86. The van der Waals surface area contributed by atoms with Gasteiger partial charge in [-0.25, -0.2) is 0 Å². The maximum atomic E-state index is 9.82. The largest absolute Gasteiger partial charge is 0.466 e. The van der Waals surface area contributed by atoms with Crippen molar-refractivity contribution in [1.82, 2.24) is 0 Å². The van der Waals surface area contributed by atoms with Gasteiger partial charge >= 0.3 is 47.8 Å².